The van der Waals surface area contributed by atoms with Gasteiger partial charge in [0.05, 0.1) is 17.0 Å². The van der Waals surface area contributed by atoms with Crippen molar-refractivity contribution < 1.29 is 52.2 Å². The zero-order valence-corrected chi connectivity index (χ0v) is 21.0. The Labute approximate surface area is 198 Å². The van der Waals surface area contributed by atoms with E-state index in [1.165, 1.54) is 11.3 Å². The maximum Gasteiger partial charge on any atom is 0.478 e. The van der Waals surface area contributed by atoms with E-state index in [0.717, 1.165) is 0 Å². The van der Waals surface area contributed by atoms with Crippen molar-refractivity contribution in [3.63, 3.8) is 0 Å². The number of rotatable bonds is 13. The van der Waals surface area contributed by atoms with Crippen LogP contribution in [0.4, 0.5) is 5.82 Å². The number of aliphatic hydroxyl groups excluding tert-OH is 1. The van der Waals surface area contributed by atoms with Gasteiger partial charge in [0.2, 0.25) is 0 Å². The molecule has 0 fully saturated rings. The molecule has 17 heteroatoms. The third-order valence-electron chi connectivity index (χ3n) is 4.59. The molecule has 3 atom stereocenters. The smallest absolute Gasteiger partial charge is 0.478 e. The zero-order chi connectivity index (χ0) is 25.7. The van der Waals surface area contributed by atoms with Crippen LogP contribution in [0.5, 0.6) is 0 Å². The van der Waals surface area contributed by atoms with Crippen molar-refractivity contribution in [3.8, 4) is 0 Å². The molecule has 2 rings (SSSR count). The number of hydrogen-bond acceptors (Lipinski definition) is 11. The van der Waals surface area contributed by atoms with Gasteiger partial charge in [0.15, 0.2) is 12.2 Å². The topological polar surface area (TPSA) is 229 Å². The molecule has 2 aromatic heterocycles. The van der Waals surface area contributed by atoms with Gasteiger partial charge < -0.3 is 30.6 Å². The average Bonchev–Trinajstić information content (AvgIpc) is 2.97. The molecule has 0 aliphatic heterocycles. The van der Waals surface area contributed by atoms with Crippen LogP contribution >= 0.6 is 27.0 Å². The van der Waals surface area contributed by atoms with Crippen molar-refractivity contribution in [2.24, 2.45) is 0 Å². The number of nitrogens with zero attached hydrogens (tertiary/aromatic N) is 3. The molecule has 2 aromatic rings. The van der Waals surface area contributed by atoms with Gasteiger partial charge >= 0.3 is 13.8 Å². The van der Waals surface area contributed by atoms with Crippen LogP contribution in [0.3, 0.4) is 0 Å². The summed E-state index contributed by atoms with van der Waals surface area (Å²) in [6.45, 7) is 3.19. The highest BCUT2D eigenvalue weighted by Gasteiger charge is 2.31. The summed E-state index contributed by atoms with van der Waals surface area (Å²) >= 11 is 1.17. The number of thiazole rings is 1. The molecule has 0 radical (unpaired) electrons. The Morgan fingerprint density at radius 2 is 2.03 bits per heavy atom. The molecule has 0 aliphatic rings. The summed E-state index contributed by atoms with van der Waals surface area (Å²) in [4.78, 5) is 48.3. The van der Waals surface area contributed by atoms with Crippen LogP contribution in [0.25, 0.3) is 0 Å². The molecular weight excluding hydrogens is 514 g/mol. The van der Waals surface area contributed by atoms with E-state index < -0.39 is 34.3 Å². The number of phosphoric ester groups is 1. The molecule has 34 heavy (non-hydrogen) atoms. The number of aryl methyl sites for hydroxylation is 1. The lowest BCUT2D eigenvalue weighted by molar-refractivity contribution is -0.700. The Balaban J connectivity index is 2.26. The number of anilines is 1. The van der Waals surface area contributed by atoms with Gasteiger partial charge in [-0.2, -0.15) is 4.57 Å². The second kappa shape index (κ2) is 11.8. The fourth-order valence-electron chi connectivity index (χ4n) is 3.03. The number of carboxylic acid groups (broad SMARTS) is 1. The lowest BCUT2D eigenvalue weighted by Crippen LogP contribution is -2.41. The van der Waals surface area contributed by atoms with Crippen molar-refractivity contribution >= 4 is 38.8 Å². The van der Waals surface area contributed by atoms with Gasteiger partial charge in [0.25, 0.3) is 12.8 Å². The normalized spacial score (nSPS) is 16.1. The first-order chi connectivity index (χ1) is 15.7. The molecule has 0 spiro atoms. The monoisotopic (exact) mass is 540 g/mol. The minimum Gasteiger partial charge on any atom is -0.756 e. The third-order valence-corrected chi connectivity index (χ3v) is 8.20. The van der Waals surface area contributed by atoms with E-state index in [-0.39, 0.29) is 38.0 Å². The highest BCUT2D eigenvalue weighted by atomic mass is 32.1. The first kappa shape index (κ1) is 28.4. The number of nitrogen functional groups attached to an aromatic ring is 1. The minimum absolute atomic E-state index is 0.0424. The molecule has 0 aromatic carbocycles. The van der Waals surface area contributed by atoms with Gasteiger partial charge in [-0.05, 0) is 19.8 Å². The average molecular weight is 540 g/mol. The Kier molecular flexibility index (Phi) is 9.83. The Morgan fingerprint density at radius 3 is 2.62 bits per heavy atom. The first-order valence-corrected chi connectivity index (χ1v) is 13.7. The predicted octanol–water partition coefficient (Wildman–Crippen LogP) is 0.498. The molecule has 0 amide bonds. The molecule has 0 saturated carbocycles. The van der Waals surface area contributed by atoms with Gasteiger partial charge in [0.1, 0.15) is 17.7 Å². The SMILES string of the molecule is Cc1ncc(C[n+]2c([C@H](O)CCCC(=O)O)sc(CCOP(=O)(O)OP(=O)([O-])O)c2C)c(N)n1. The lowest BCUT2D eigenvalue weighted by atomic mass is 10.1. The Hall–Kier alpha value is -1.80. The minimum atomic E-state index is -5.48. The van der Waals surface area contributed by atoms with E-state index in [2.05, 4.69) is 18.8 Å². The lowest BCUT2D eigenvalue weighted by Gasteiger charge is -2.18. The fourth-order valence-corrected chi connectivity index (χ4v) is 5.84. The summed E-state index contributed by atoms with van der Waals surface area (Å²) < 4.78 is 32.3. The third kappa shape index (κ3) is 8.77. The van der Waals surface area contributed by atoms with Crippen LogP contribution in [-0.2, 0) is 35.7 Å². The van der Waals surface area contributed by atoms with E-state index in [9.17, 15) is 28.8 Å². The van der Waals surface area contributed by atoms with Crippen molar-refractivity contribution in [3.05, 3.63) is 33.2 Å². The van der Waals surface area contributed by atoms with E-state index in [0.29, 0.717) is 27.0 Å². The molecule has 0 saturated heterocycles. The molecule has 0 bridgehead atoms. The summed E-state index contributed by atoms with van der Waals surface area (Å²) in [5.74, 6) is -0.238. The molecule has 6 N–H and O–H groups in total. The second-order valence-electron chi connectivity index (χ2n) is 7.27. The zero-order valence-electron chi connectivity index (χ0n) is 18.4. The van der Waals surface area contributed by atoms with E-state index in [1.54, 1.807) is 24.6 Å². The van der Waals surface area contributed by atoms with Crippen LogP contribution in [0, 0.1) is 13.8 Å². The molecule has 190 valence electrons. The summed E-state index contributed by atoms with van der Waals surface area (Å²) in [6, 6.07) is 0. The second-order valence-corrected chi connectivity index (χ2v) is 11.2. The van der Waals surface area contributed by atoms with Crippen LogP contribution in [-0.4, -0.2) is 42.5 Å². The summed E-state index contributed by atoms with van der Waals surface area (Å²) in [5, 5.41) is 20.1. The quantitative estimate of drug-likeness (QED) is 0.172. The fraction of sp³-hybridized carbons (Fsp3) is 0.529. The van der Waals surface area contributed by atoms with Crippen molar-refractivity contribution in [2.75, 3.05) is 12.3 Å². The van der Waals surface area contributed by atoms with Crippen molar-refractivity contribution in [2.45, 2.75) is 52.2 Å². The molecule has 0 aliphatic carbocycles. The number of aliphatic carboxylic acids is 1. The summed E-state index contributed by atoms with van der Waals surface area (Å²) in [5.41, 5.74) is 7.24. The van der Waals surface area contributed by atoms with Crippen LogP contribution in [0.15, 0.2) is 6.20 Å². The van der Waals surface area contributed by atoms with E-state index in [1.807, 2.05) is 0 Å². The molecule has 2 unspecified atom stereocenters. The molecule has 2 heterocycles. The summed E-state index contributed by atoms with van der Waals surface area (Å²) in [6.07, 6.45) is 0.904. The number of aliphatic hydroxyl groups is 1. The molecular formula is C17H26N4O10P2S. The van der Waals surface area contributed by atoms with Crippen LogP contribution < -0.4 is 15.2 Å². The highest BCUT2D eigenvalue weighted by molar-refractivity contribution is 7.60. The Morgan fingerprint density at radius 1 is 1.35 bits per heavy atom. The van der Waals surface area contributed by atoms with Crippen molar-refractivity contribution in [1.29, 1.82) is 0 Å². The van der Waals surface area contributed by atoms with Crippen LogP contribution in [0.2, 0.25) is 0 Å². The summed E-state index contributed by atoms with van der Waals surface area (Å²) in [7, 11) is -10.5. The van der Waals surface area contributed by atoms with Gasteiger partial charge in [-0.1, -0.05) is 11.3 Å². The predicted molar refractivity (Wildman–Crippen MR) is 116 cm³/mol. The van der Waals surface area contributed by atoms with Crippen LogP contribution in [0.1, 0.15) is 52.3 Å². The Bertz CT molecular complexity index is 1120. The number of nitrogens with two attached hydrogens (primary N) is 1. The number of hydrogen-bond donors (Lipinski definition) is 5. The number of phosphoric acid groups is 2. The largest absolute Gasteiger partial charge is 0.756 e. The number of aromatic nitrogens is 3. The van der Waals surface area contributed by atoms with Gasteiger partial charge in [-0.3, -0.25) is 13.9 Å². The van der Waals surface area contributed by atoms with E-state index in [4.69, 9.17) is 15.7 Å². The highest BCUT2D eigenvalue weighted by Crippen LogP contribution is 2.55. The van der Waals surface area contributed by atoms with Crippen molar-refractivity contribution in [1.82, 2.24) is 9.97 Å². The maximum atomic E-state index is 11.6. The van der Waals surface area contributed by atoms with E-state index >= 15 is 0 Å². The van der Waals surface area contributed by atoms with Gasteiger partial charge in [-0.25, -0.2) is 18.8 Å². The van der Waals surface area contributed by atoms with Gasteiger partial charge in [0, 0.05) is 26.0 Å². The maximum absolute atomic E-state index is 11.6. The number of carboxylic acids is 1. The first-order valence-electron chi connectivity index (χ1n) is 9.91. The standard InChI is InChI=1S/C17H26N4O10P2S/c1-10-14(6-7-30-33(28,29)31-32(25,26)27)34-17(13(22)4-3-5-15(23)24)21(10)9-12-8-19-11(2)20-16(12)18/h8,13,22H,3-7,9H2,1-2H3,(H5-,18,19,20,23,24,25,26,27,28,29)/t13-/m1/s1. The van der Waals surface area contributed by atoms with Gasteiger partial charge in [-0.15, -0.1) is 0 Å². The number of carbonyl (C=O) groups is 1. The molecule has 14 nitrogen and oxygen atoms in total.